The Balaban J connectivity index is 2.10. The number of ether oxygens (including phenoxy) is 1. The van der Waals surface area contributed by atoms with Crippen LogP contribution in [0.2, 0.25) is 0 Å². The summed E-state index contributed by atoms with van der Waals surface area (Å²) in [5.41, 5.74) is -0.228. The zero-order valence-electron chi connectivity index (χ0n) is 10.2. The van der Waals surface area contributed by atoms with E-state index >= 15 is 0 Å². The van der Waals surface area contributed by atoms with Crippen molar-refractivity contribution in [3.05, 3.63) is 12.7 Å². The van der Waals surface area contributed by atoms with Crippen LogP contribution in [0.5, 0.6) is 0 Å². The van der Waals surface area contributed by atoms with Crippen molar-refractivity contribution < 1.29 is 9.53 Å². The minimum absolute atomic E-state index is 0.228. The van der Waals surface area contributed by atoms with Crippen LogP contribution in [0.15, 0.2) is 12.7 Å². The van der Waals surface area contributed by atoms with Crippen molar-refractivity contribution in [3.63, 3.8) is 0 Å². The van der Waals surface area contributed by atoms with E-state index in [-0.39, 0.29) is 11.6 Å². The second-order valence-corrected chi connectivity index (χ2v) is 5.48. The Labute approximate surface area is 98.1 Å². The first kappa shape index (κ1) is 11.7. The van der Waals surface area contributed by atoms with Crippen LogP contribution in [0.3, 0.4) is 0 Å². The van der Waals surface area contributed by atoms with Crippen LogP contribution >= 0.6 is 0 Å². The summed E-state index contributed by atoms with van der Waals surface area (Å²) in [6, 6.07) is 0. The van der Waals surface area contributed by atoms with E-state index in [0.717, 1.165) is 12.3 Å². The van der Waals surface area contributed by atoms with Crippen molar-refractivity contribution in [1.29, 1.82) is 0 Å². The summed E-state index contributed by atoms with van der Waals surface area (Å²) in [5.74, 6) is 1.11. The van der Waals surface area contributed by atoms with Crippen LogP contribution < -0.4 is 0 Å². The lowest BCUT2D eigenvalue weighted by molar-refractivity contribution is -0.167. The molecule has 0 amide bonds. The average Bonchev–Trinajstić information content (AvgIpc) is 2.29. The predicted octanol–water partition coefficient (Wildman–Crippen LogP) is 3.46. The van der Waals surface area contributed by atoms with Gasteiger partial charge in [-0.05, 0) is 38.5 Å². The fourth-order valence-electron chi connectivity index (χ4n) is 3.66. The molecule has 2 rings (SSSR count). The fraction of sp³-hybridized carbons (Fsp3) is 0.786. The summed E-state index contributed by atoms with van der Waals surface area (Å²) >= 11 is 0. The molecule has 16 heavy (non-hydrogen) atoms. The lowest BCUT2D eigenvalue weighted by Crippen LogP contribution is -2.47. The van der Waals surface area contributed by atoms with E-state index < -0.39 is 0 Å². The van der Waals surface area contributed by atoms with E-state index in [1.807, 2.05) is 0 Å². The van der Waals surface area contributed by atoms with E-state index in [2.05, 4.69) is 13.5 Å². The normalized spacial score (nSPS) is 38.6. The summed E-state index contributed by atoms with van der Waals surface area (Å²) in [7, 11) is 0. The second-order valence-electron chi connectivity index (χ2n) is 5.48. The summed E-state index contributed by atoms with van der Waals surface area (Å²) in [6.45, 7) is 5.61. The molecule has 2 saturated carbocycles. The van der Waals surface area contributed by atoms with Gasteiger partial charge >= 0.3 is 5.97 Å². The molecule has 0 aromatic carbocycles. The van der Waals surface area contributed by atoms with Crippen molar-refractivity contribution in [2.75, 3.05) is 0 Å². The van der Waals surface area contributed by atoms with Gasteiger partial charge in [0.25, 0.3) is 0 Å². The first-order valence-corrected chi connectivity index (χ1v) is 6.51. The molecular weight excluding hydrogens is 200 g/mol. The molecule has 0 aromatic heterocycles. The molecule has 0 aromatic rings. The quantitative estimate of drug-likeness (QED) is 0.528. The molecule has 2 aliphatic rings. The molecule has 2 heteroatoms. The van der Waals surface area contributed by atoms with Gasteiger partial charge in [-0.3, -0.25) is 0 Å². The van der Waals surface area contributed by atoms with E-state index in [0.29, 0.717) is 5.92 Å². The van der Waals surface area contributed by atoms with Gasteiger partial charge in [0.05, 0.1) is 0 Å². The van der Waals surface area contributed by atoms with E-state index in [1.165, 1.54) is 44.6 Å². The van der Waals surface area contributed by atoms with Gasteiger partial charge in [0, 0.05) is 12.0 Å². The van der Waals surface area contributed by atoms with Gasteiger partial charge in [-0.25, -0.2) is 4.79 Å². The Morgan fingerprint density at radius 3 is 2.75 bits per heavy atom. The third-order valence-electron chi connectivity index (χ3n) is 4.44. The van der Waals surface area contributed by atoms with Crippen molar-refractivity contribution in [1.82, 2.24) is 0 Å². The number of esters is 1. The molecule has 0 spiro atoms. The predicted molar refractivity (Wildman–Crippen MR) is 64.0 cm³/mol. The first-order chi connectivity index (χ1) is 7.65. The van der Waals surface area contributed by atoms with Gasteiger partial charge < -0.3 is 4.74 Å². The highest BCUT2D eigenvalue weighted by molar-refractivity contribution is 5.81. The minimum atomic E-state index is -0.256. The molecule has 3 unspecified atom stereocenters. The largest absolute Gasteiger partial charge is 0.456 e. The van der Waals surface area contributed by atoms with Crippen LogP contribution in [-0.2, 0) is 9.53 Å². The van der Waals surface area contributed by atoms with Crippen molar-refractivity contribution in [2.45, 2.75) is 57.5 Å². The van der Waals surface area contributed by atoms with Gasteiger partial charge in [-0.1, -0.05) is 25.8 Å². The Hall–Kier alpha value is -0.790. The number of hydrogen-bond donors (Lipinski definition) is 0. The Kier molecular flexibility index (Phi) is 3.36. The number of hydrogen-bond acceptors (Lipinski definition) is 2. The van der Waals surface area contributed by atoms with Crippen molar-refractivity contribution in [2.24, 2.45) is 11.8 Å². The first-order valence-electron chi connectivity index (χ1n) is 6.51. The molecule has 0 aliphatic heterocycles. The molecule has 90 valence electrons. The van der Waals surface area contributed by atoms with Crippen molar-refractivity contribution >= 4 is 5.97 Å². The number of rotatable bonds is 2. The molecular formula is C14H22O2. The van der Waals surface area contributed by atoms with E-state index in [9.17, 15) is 4.79 Å². The fourth-order valence-corrected chi connectivity index (χ4v) is 3.66. The molecule has 0 bridgehead atoms. The standard InChI is InChI=1S/C14H22O2/c1-3-13(15)16-14(2)10-6-8-11-7-4-5-9-12(11)14/h3,11-12H,1,4-10H2,2H3. The monoisotopic (exact) mass is 222 g/mol. The van der Waals surface area contributed by atoms with Crippen LogP contribution in [0.25, 0.3) is 0 Å². The molecule has 2 fully saturated rings. The minimum Gasteiger partial charge on any atom is -0.456 e. The van der Waals surface area contributed by atoms with Gasteiger partial charge in [-0.2, -0.15) is 0 Å². The highest BCUT2D eigenvalue weighted by Crippen LogP contribution is 2.47. The van der Waals surface area contributed by atoms with Crippen LogP contribution in [0.1, 0.15) is 51.9 Å². The maximum Gasteiger partial charge on any atom is 0.330 e. The molecule has 0 radical (unpaired) electrons. The Morgan fingerprint density at radius 1 is 1.31 bits per heavy atom. The van der Waals surface area contributed by atoms with Crippen LogP contribution in [0, 0.1) is 11.8 Å². The van der Waals surface area contributed by atoms with Crippen LogP contribution in [-0.4, -0.2) is 11.6 Å². The van der Waals surface area contributed by atoms with Crippen LogP contribution in [0.4, 0.5) is 0 Å². The summed E-state index contributed by atoms with van der Waals surface area (Å²) < 4.78 is 5.64. The highest BCUT2D eigenvalue weighted by atomic mass is 16.6. The molecule has 0 heterocycles. The van der Waals surface area contributed by atoms with E-state index in [1.54, 1.807) is 0 Å². The topological polar surface area (TPSA) is 26.3 Å². The number of fused-ring (bicyclic) bond motifs is 1. The number of carbonyl (C=O) groups excluding carboxylic acids is 1. The molecule has 0 saturated heterocycles. The van der Waals surface area contributed by atoms with Gasteiger partial charge in [0.15, 0.2) is 0 Å². The average molecular weight is 222 g/mol. The zero-order valence-corrected chi connectivity index (χ0v) is 10.2. The SMILES string of the molecule is C=CC(=O)OC1(C)CCCC2CCCCC21. The van der Waals surface area contributed by atoms with Gasteiger partial charge in [-0.15, -0.1) is 0 Å². The Bertz CT molecular complexity index is 282. The highest BCUT2D eigenvalue weighted by Gasteiger charge is 2.45. The third kappa shape index (κ3) is 2.16. The van der Waals surface area contributed by atoms with E-state index in [4.69, 9.17) is 4.74 Å². The van der Waals surface area contributed by atoms with Gasteiger partial charge in [0.2, 0.25) is 0 Å². The molecule has 3 atom stereocenters. The summed E-state index contributed by atoms with van der Waals surface area (Å²) in [6.07, 6.45) is 10.0. The summed E-state index contributed by atoms with van der Waals surface area (Å²) in [5, 5.41) is 0. The maximum atomic E-state index is 11.4. The van der Waals surface area contributed by atoms with Crippen molar-refractivity contribution in [3.8, 4) is 0 Å². The lowest BCUT2D eigenvalue weighted by atomic mass is 9.63. The van der Waals surface area contributed by atoms with Gasteiger partial charge in [0.1, 0.15) is 5.60 Å². The molecule has 2 nitrogen and oxygen atoms in total. The maximum absolute atomic E-state index is 11.4. The second kappa shape index (κ2) is 4.60. The third-order valence-corrected chi connectivity index (χ3v) is 4.44. The molecule has 0 N–H and O–H groups in total. The summed E-state index contributed by atoms with van der Waals surface area (Å²) in [4.78, 5) is 11.4. The number of carbonyl (C=O) groups is 1. The Morgan fingerprint density at radius 2 is 2.00 bits per heavy atom. The smallest absolute Gasteiger partial charge is 0.330 e. The zero-order chi connectivity index (χ0) is 11.6. The molecule has 2 aliphatic carbocycles. The lowest BCUT2D eigenvalue weighted by Gasteiger charge is -2.47.